The second-order valence-electron chi connectivity index (χ2n) is 4.27. The summed E-state index contributed by atoms with van der Waals surface area (Å²) in [5.74, 6) is -0.215. The van der Waals surface area contributed by atoms with Crippen LogP contribution in [0.5, 0.6) is 0 Å². The molecule has 0 radical (unpaired) electrons. The number of sulfonamides is 1. The van der Waals surface area contributed by atoms with Gasteiger partial charge in [-0.25, -0.2) is 8.42 Å². The Morgan fingerprint density at radius 1 is 1.33 bits per heavy atom. The summed E-state index contributed by atoms with van der Waals surface area (Å²) in [6, 6.07) is 3.58. The van der Waals surface area contributed by atoms with Gasteiger partial charge in [-0.3, -0.25) is 14.5 Å². The van der Waals surface area contributed by atoms with E-state index in [1.54, 1.807) is 24.5 Å². The number of anilines is 1. The predicted octanol–water partition coefficient (Wildman–Crippen LogP) is -0.639. The van der Waals surface area contributed by atoms with E-state index in [-0.39, 0.29) is 18.3 Å². The van der Waals surface area contributed by atoms with Crippen molar-refractivity contribution in [2.24, 2.45) is 0 Å². The topological polar surface area (TPSA) is 119 Å². The number of carbonyl (C=O) groups is 1. The second-order valence-corrected chi connectivity index (χ2v) is 6.02. The van der Waals surface area contributed by atoms with Crippen molar-refractivity contribution in [1.29, 1.82) is 0 Å². The maximum Gasteiger partial charge on any atom is 0.243 e. The van der Waals surface area contributed by atoms with Gasteiger partial charge < -0.3 is 5.32 Å². The number of aromatic nitrogens is 4. The summed E-state index contributed by atoms with van der Waals surface area (Å²) in [4.78, 5) is 16.7. The number of carbonyl (C=O) groups excluding carboxylic acids is 1. The highest BCUT2D eigenvalue weighted by Gasteiger charge is 2.08. The van der Waals surface area contributed by atoms with Crippen LogP contribution < -0.4 is 10.0 Å². The largest absolute Gasteiger partial charge is 0.350 e. The molecule has 21 heavy (non-hydrogen) atoms. The van der Waals surface area contributed by atoms with Gasteiger partial charge in [-0.1, -0.05) is 0 Å². The van der Waals surface area contributed by atoms with Gasteiger partial charge in [0.05, 0.1) is 12.5 Å². The SMILES string of the molecule is CS(=O)(=O)Nc1cnn(CC(=O)NCc2ccncc2)n1. The Kier molecular flexibility index (Phi) is 4.48. The van der Waals surface area contributed by atoms with Gasteiger partial charge in [-0.2, -0.15) is 9.90 Å². The number of hydrogen-bond acceptors (Lipinski definition) is 6. The van der Waals surface area contributed by atoms with Crippen LogP contribution in [0.15, 0.2) is 30.7 Å². The molecule has 9 nitrogen and oxygen atoms in total. The molecule has 0 spiro atoms. The molecule has 2 heterocycles. The third kappa shape index (κ3) is 5.18. The molecule has 0 aliphatic carbocycles. The number of rotatable bonds is 6. The minimum absolute atomic E-state index is 0.0689. The number of nitrogens with one attached hydrogen (secondary N) is 2. The summed E-state index contributed by atoms with van der Waals surface area (Å²) < 4.78 is 24.2. The molecule has 1 amide bonds. The Balaban J connectivity index is 1.85. The smallest absolute Gasteiger partial charge is 0.243 e. The zero-order valence-corrected chi connectivity index (χ0v) is 12.0. The molecule has 0 saturated carbocycles. The third-order valence-electron chi connectivity index (χ3n) is 2.35. The zero-order chi connectivity index (χ0) is 15.3. The molecule has 0 saturated heterocycles. The van der Waals surface area contributed by atoms with Crippen LogP contribution in [0.3, 0.4) is 0 Å². The average Bonchev–Trinajstić information content (AvgIpc) is 2.82. The van der Waals surface area contributed by atoms with Gasteiger partial charge in [-0.05, 0) is 17.7 Å². The molecule has 0 fully saturated rings. The quantitative estimate of drug-likeness (QED) is 0.732. The number of hydrogen-bond donors (Lipinski definition) is 2. The van der Waals surface area contributed by atoms with Crippen molar-refractivity contribution in [2.75, 3.05) is 11.0 Å². The van der Waals surface area contributed by atoms with Gasteiger partial charge in [0, 0.05) is 18.9 Å². The molecule has 2 aromatic rings. The van der Waals surface area contributed by atoms with E-state index in [0.29, 0.717) is 6.54 Å². The van der Waals surface area contributed by atoms with E-state index in [4.69, 9.17) is 0 Å². The van der Waals surface area contributed by atoms with Crippen molar-refractivity contribution in [3.05, 3.63) is 36.3 Å². The Bertz CT molecular complexity index is 713. The minimum atomic E-state index is -3.41. The first-order valence-corrected chi connectivity index (χ1v) is 7.85. The Morgan fingerprint density at radius 2 is 2.05 bits per heavy atom. The fourth-order valence-corrected chi connectivity index (χ4v) is 1.97. The first-order valence-electron chi connectivity index (χ1n) is 5.96. The van der Waals surface area contributed by atoms with Crippen LogP contribution in [0.4, 0.5) is 5.82 Å². The van der Waals surface area contributed by atoms with Crippen molar-refractivity contribution < 1.29 is 13.2 Å². The van der Waals surface area contributed by atoms with Crippen LogP contribution in [0.25, 0.3) is 0 Å². The monoisotopic (exact) mass is 310 g/mol. The molecule has 112 valence electrons. The molecule has 0 aliphatic rings. The first-order chi connectivity index (χ1) is 9.92. The van der Waals surface area contributed by atoms with E-state index >= 15 is 0 Å². The summed E-state index contributed by atoms with van der Waals surface area (Å²) in [6.07, 6.45) is 5.52. The fourth-order valence-electron chi connectivity index (χ4n) is 1.50. The second kappa shape index (κ2) is 6.31. The van der Waals surface area contributed by atoms with E-state index in [2.05, 4.69) is 25.2 Å². The normalized spacial score (nSPS) is 11.1. The molecular formula is C11H14N6O3S. The highest BCUT2D eigenvalue weighted by molar-refractivity contribution is 7.92. The Hall–Kier alpha value is -2.49. The average molecular weight is 310 g/mol. The summed E-state index contributed by atoms with van der Waals surface area (Å²) >= 11 is 0. The van der Waals surface area contributed by atoms with Crippen molar-refractivity contribution in [1.82, 2.24) is 25.3 Å². The Morgan fingerprint density at radius 3 is 2.71 bits per heavy atom. The van der Waals surface area contributed by atoms with E-state index in [1.165, 1.54) is 6.20 Å². The van der Waals surface area contributed by atoms with E-state index in [1.807, 2.05) is 0 Å². The number of pyridine rings is 1. The zero-order valence-electron chi connectivity index (χ0n) is 11.2. The van der Waals surface area contributed by atoms with Crippen LogP contribution in [0.2, 0.25) is 0 Å². The molecular weight excluding hydrogens is 296 g/mol. The van der Waals surface area contributed by atoms with Crippen molar-refractivity contribution in [2.45, 2.75) is 13.1 Å². The third-order valence-corrected chi connectivity index (χ3v) is 2.93. The van der Waals surface area contributed by atoms with Gasteiger partial charge in [0.25, 0.3) is 0 Å². The Labute approximate surface area is 121 Å². The first kappa shape index (κ1) is 14.9. The highest BCUT2D eigenvalue weighted by atomic mass is 32.2. The molecule has 0 unspecified atom stereocenters. The number of nitrogens with zero attached hydrogens (tertiary/aromatic N) is 4. The lowest BCUT2D eigenvalue weighted by atomic mass is 10.3. The van der Waals surface area contributed by atoms with E-state index in [9.17, 15) is 13.2 Å². The predicted molar refractivity (Wildman–Crippen MR) is 74.6 cm³/mol. The van der Waals surface area contributed by atoms with Gasteiger partial charge in [-0.15, -0.1) is 5.10 Å². The van der Waals surface area contributed by atoms with Crippen LogP contribution in [0, 0.1) is 0 Å². The summed E-state index contributed by atoms with van der Waals surface area (Å²) in [5.41, 5.74) is 0.922. The maximum absolute atomic E-state index is 11.7. The lowest BCUT2D eigenvalue weighted by Crippen LogP contribution is -2.28. The molecule has 0 aliphatic heterocycles. The summed E-state index contributed by atoms with van der Waals surface area (Å²) in [6.45, 7) is 0.271. The van der Waals surface area contributed by atoms with Gasteiger partial charge >= 0.3 is 0 Å². The van der Waals surface area contributed by atoms with Gasteiger partial charge in [0.2, 0.25) is 15.9 Å². The summed E-state index contributed by atoms with van der Waals surface area (Å²) in [7, 11) is -3.41. The molecule has 10 heteroatoms. The van der Waals surface area contributed by atoms with Crippen LogP contribution in [-0.2, 0) is 27.9 Å². The molecule has 0 bridgehead atoms. The highest BCUT2D eigenvalue weighted by Crippen LogP contribution is 2.01. The standard InChI is InChI=1S/C11H14N6O3S/c1-21(19,20)16-10-7-14-17(15-10)8-11(18)13-6-9-2-4-12-5-3-9/h2-5,7H,6,8H2,1H3,(H,13,18)(H,15,16). The van der Waals surface area contributed by atoms with Gasteiger partial charge in [0.15, 0.2) is 5.82 Å². The van der Waals surface area contributed by atoms with Crippen LogP contribution >= 0.6 is 0 Å². The van der Waals surface area contributed by atoms with E-state index in [0.717, 1.165) is 16.6 Å². The molecule has 2 aromatic heterocycles. The lowest BCUT2D eigenvalue weighted by Gasteiger charge is -2.04. The van der Waals surface area contributed by atoms with Crippen molar-refractivity contribution in [3.63, 3.8) is 0 Å². The van der Waals surface area contributed by atoms with Crippen molar-refractivity contribution in [3.8, 4) is 0 Å². The molecule has 0 atom stereocenters. The van der Waals surface area contributed by atoms with Crippen LogP contribution in [0.1, 0.15) is 5.56 Å². The van der Waals surface area contributed by atoms with Crippen molar-refractivity contribution >= 4 is 21.7 Å². The maximum atomic E-state index is 11.7. The van der Waals surface area contributed by atoms with Gasteiger partial charge in [0.1, 0.15) is 6.54 Å². The molecule has 2 rings (SSSR count). The lowest BCUT2D eigenvalue weighted by molar-refractivity contribution is -0.122. The summed E-state index contributed by atoms with van der Waals surface area (Å²) in [5, 5.41) is 10.3. The van der Waals surface area contributed by atoms with Crippen LogP contribution in [-0.4, -0.2) is 40.6 Å². The number of amides is 1. The molecule has 2 N–H and O–H groups in total. The van der Waals surface area contributed by atoms with E-state index < -0.39 is 10.0 Å². The molecule has 0 aromatic carbocycles. The fraction of sp³-hybridized carbons (Fsp3) is 0.273. The minimum Gasteiger partial charge on any atom is -0.350 e.